The molecule has 0 saturated carbocycles. The van der Waals surface area contributed by atoms with Crippen molar-refractivity contribution in [1.29, 1.82) is 0 Å². The molecule has 0 saturated heterocycles. The number of ether oxygens (including phenoxy) is 2. The number of rotatable bonds is 6. The lowest BCUT2D eigenvalue weighted by Crippen LogP contribution is -2.20. The minimum atomic E-state index is -0.217. The Labute approximate surface area is 94.3 Å². The Morgan fingerprint density at radius 1 is 1.44 bits per heavy atom. The molecule has 2 N–H and O–H groups in total. The molecule has 1 aromatic rings. The van der Waals surface area contributed by atoms with Crippen LogP contribution in [0, 0.1) is 13.8 Å². The van der Waals surface area contributed by atoms with Crippen molar-refractivity contribution in [2.24, 2.45) is 0 Å². The molecule has 0 radical (unpaired) electrons. The van der Waals surface area contributed by atoms with E-state index in [-0.39, 0.29) is 12.5 Å². The molecule has 1 amide bonds. The molecule has 0 fully saturated rings. The van der Waals surface area contributed by atoms with Crippen LogP contribution in [-0.4, -0.2) is 43.0 Å². The predicted molar refractivity (Wildman–Crippen MR) is 59.4 cm³/mol. The maximum atomic E-state index is 11.4. The molecule has 6 heteroatoms. The van der Waals surface area contributed by atoms with Gasteiger partial charge in [0, 0.05) is 18.4 Å². The molecule has 1 rings (SSSR count). The summed E-state index contributed by atoms with van der Waals surface area (Å²) in [6, 6.07) is 0. The summed E-state index contributed by atoms with van der Waals surface area (Å²) in [5, 5.41) is 9.42. The Balaban J connectivity index is 2.31. The van der Waals surface area contributed by atoms with Gasteiger partial charge in [-0.15, -0.1) is 0 Å². The van der Waals surface area contributed by atoms with E-state index in [0.29, 0.717) is 19.0 Å². The first-order chi connectivity index (χ1) is 7.65. The Bertz CT molecular complexity index is 349. The number of hydrogen-bond donors (Lipinski definition) is 2. The molecular formula is C10H17N3O3. The maximum Gasteiger partial charge on any atom is 0.251 e. The third kappa shape index (κ3) is 3.63. The quantitative estimate of drug-likeness (QED) is 0.699. The summed E-state index contributed by atoms with van der Waals surface area (Å²) in [6.45, 7) is 4.68. The average molecular weight is 227 g/mol. The number of aryl methyl sites for hydroxylation is 1. The first-order valence-electron chi connectivity index (χ1n) is 5.03. The van der Waals surface area contributed by atoms with E-state index in [1.54, 1.807) is 7.11 Å². The van der Waals surface area contributed by atoms with Gasteiger partial charge in [0.1, 0.15) is 6.61 Å². The van der Waals surface area contributed by atoms with Gasteiger partial charge < -0.3 is 14.8 Å². The largest absolute Gasteiger partial charge is 0.382 e. The van der Waals surface area contributed by atoms with Gasteiger partial charge in [0.15, 0.2) is 5.82 Å². The van der Waals surface area contributed by atoms with Crippen molar-refractivity contribution in [2.45, 2.75) is 13.8 Å². The van der Waals surface area contributed by atoms with Gasteiger partial charge in [-0.05, 0) is 13.8 Å². The van der Waals surface area contributed by atoms with Gasteiger partial charge in [-0.2, -0.15) is 5.10 Å². The lowest BCUT2D eigenvalue weighted by Gasteiger charge is -2.04. The van der Waals surface area contributed by atoms with Gasteiger partial charge in [-0.1, -0.05) is 0 Å². The lowest BCUT2D eigenvalue weighted by atomic mass is 10.3. The summed E-state index contributed by atoms with van der Waals surface area (Å²) >= 11 is 0. The van der Waals surface area contributed by atoms with Crippen molar-refractivity contribution >= 4 is 11.7 Å². The van der Waals surface area contributed by atoms with Crippen LogP contribution in [0.15, 0.2) is 0 Å². The van der Waals surface area contributed by atoms with Crippen molar-refractivity contribution in [3.63, 3.8) is 0 Å². The zero-order valence-corrected chi connectivity index (χ0v) is 9.79. The molecule has 1 heterocycles. The highest BCUT2D eigenvalue weighted by molar-refractivity contribution is 5.91. The van der Waals surface area contributed by atoms with E-state index in [1.807, 2.05) is 13.8 Å². The minimum absolute atomic E-state index is 0.00864. The number of aromatic amines is 1. The van der Waals surface area contributed by atoms with E-state index in [0.717, 1.165) is 11.3 Å². The molecule has 0 aromatic carbocycles. The van der Waals surface area contributed by atoms with Crippen LogP contribution >= 0.6 is 0 Å². The SMILES string of the molecule is COCCOCC(=O)Nc1n[nH]c(C)c1C. The van der Waals surface area contributed by atoms with Crippen LogP contribution in [0.1, 0.15) is 11.3 Å². The van der Waals surface area contributed by atoms with Crippen LogP contribution in [0.4, 0.5) is 5.82 Å². The molecule has 1 aromatic heterocycles. The van der Waals surface area contributed by atoms with Crippen LogP contribution in [0.3, 0.4) is 0 Å². The first-order valence-corrected chi connectivity index (χ1v) is 5.03. The van der Waals surface area contributed by atoms with Crippen molar-refractivity contribution in [1.82, 2.24) is 10.2 Å². The molecule has 0 unspecified atom stereocenters. The molecule has 0 spiro atoms. The number of aromatic nitrogens is 2. The fraction of sp³-hybridized carbons (Fsp3) is 0.600. The molecule has 16 heavy (non-hydrogen) atoms. The number of nitrogens with one attached hydrogen (secondary N) is 2. The Morgan fingerprint density at radius 3 is 2.75 bits per heavy atom. The highest BCUT2D eigenvalue weighted by Gasteiger charge is 2.08. The van der Waals surface area contributed by atoms with Gasteiger partial charge in [-0.25, -0.2) is 0 Å². The van der Waals surface area contributed by atoms with Gasteiger partial charge in [-0.3, -0.25) is 9.89 Å². The second-order valence-electron chi connectivity index (χ2n) is 3.42. The zero-order valence-electron chi connectivity index (χ0n) is 9.79. The van der Waals surface area contributed by atoms with Crippen LogP contribution in [0.25, 0.3) is 0 Å². The summed E-state index contributed by atoms with van der Waals surface area (Å²) in [7, 11) is 1.58. The molecular weight excluding hydrogens is 210 g/mol. The van der Waals surface area contributed by atoms with Gasteiger partial charge >= 0.3 is 0 Å². The van der Waals surface area contributed by atoms with Crippen LogP contribution in [-0.2, 0) is 14.3 Å². The number of hydrogen-bond acceptors (Lipinski definition) is 4. The zero-order chi connectivity index (χ0) is 12.0. The Hall–Kier alpha value is -1.40. The number of carbonyl (C=O) groups is 1. The molecule has 0 bridgehead atoms. The van der Waals surface area contributed by atoms with Crippen LogP contribution in [0.5, 0.6) is 0 Å². The topological polar surface area (TPSA) is 76.2 Å². The molecule has 0 aliphatic rings. The number of nitrogens with zero attached hydrogens (tertiary/aromatic N) is 1. The number of methoxy groups -OCH3 is 1. The van der Waals surface area contributed by atoms with E-state index >= 15 is 0 Å². The van der Waals surface area contributed by atoms with Gasteiger partial charge in [0.2, 0.25) is 0 Å². The van der Waals surface area contributed by atoms with Crippen molar-refractivity contribution in [3.8, 4) is 0 Å². The Morgan fingerprint density at radius 2 is 2.19 bits per heavy atom. The standard InChI is InChI=1S/C10H17N3O3/c1-7-8(2)12-13-10(7)11-9(14)6-16-5-4-15-3/h4-6H2,1-3H3,(H2,11,12,13,14). The van der Waals surface area contributed by atoms with Gasteiger partial charge in [0.25, 0.3) is 5.91 Å². The molecule has 90 valence electrons. The van der Waals surface area contributed by atoms with E-state index < -0.39 is 0 Å². The lowest BCUT2D eigenvalue weighted by molar-refractivity contribution is -0.121. The smallest absolute Gasteiger partial charge is 0.251 e. The maximum absolute atomic E-state index is 11.4. The van der Waals surface area contributed by atoms with Crippen molar-refractivity contribution < 1.29 is 14.3 Å². The number of carbonyl (C=O) groups excluding carboxylic acids is 1. The summed E-state index contributed by atoms with van der Waals surface area (Å²) in [4.78, 5) is 11.4. The highest BCUT2D eigenvalue weighted by atomic mass is 16.5. The summed E-state index contributed by atoms with van der Waals surface area (Å²) in [5.74, 6) is 0.337. The predicted octanol–water partition coefficient (Wildman–Crippen LogP) is 0.628. The van der Waals surface area contributed by atoms with Gasteiger partial charge in [0.05, 0.1) is 13.2 Å². The van der Waals surface area contributed by atoms with Crippen molar-refractivity contribution in [3.05, 3.63) is 11.3 Å². The molecule has 0 aliphatic heterocycles. The van der Waals surface area contributed by atoms with Crippen molar-refractivity contribution in [2.75, 3.05) is 32.2 Å². The summed E-state index contributed by atoms with van der Waals surface area (Å²) < 4.78 is 9.87. The highest BCUT2D eigenvalue weighted by Crippen LogP contribution is 2.13. The Kier molecular flexibility index (Phi) is 4.94. The third-order valence-electron chi connectivity index (χ3n) is 2.18. The molecule has 6 nitrogen and oxygen atoms in total. The normalized spacial score (nSPS) is 10.4. The van der Waals surface area contributed by atoms with E-state index in [2.05, 4.69) is 15.5 Å². The average Bonchev–Trinajstić information content (AvgIpc) is 2.56. The third-order valence-corrected chi connectivity index (χ3v) is 2.18. The van der Waals surface area contributed by atoms with E-state index in [4.69, 9.17) is 9.47 Å². The minimum Gasteiger partial charge on any atom is -0.382 e. The summed E-state index contributed by atoms with van der Waals surface area (Å²) in [5.41, 5.74) is 1.88. The number of amides is 1. The van der Waals surface area contributed by atoms with E-state index in [9.17, 15) is 4.79 Å². The second-order valence-corrected chi connectivity index (χ2v) is 3.42. The number of H-pyrrole nitrogens is 1. The second kappa shape index (κ2) is 6.24. The molecule has 0 aliphatic carbocycles. The first kappa shape index (κ1) is 12.7. The number of anilines is 1. The van der Waals surface area contributed by atoms with E-state index in [1.165, 1.54) is 0 Å². The summed E-state index contributed by atoms with van der Waals surface area (Å²) in [6.07, 6.45) is 0. The van der Waals surface area contributed by atoms with Crippen LogP contribution in [0.2, 0.25) is 0 Å². The molecule has 0 atom stereocenters. The fourth-order valence-electron chi connectivity index (χ4n) is 1.08. The monoisotopic (exact) mass is 227 g/mol. The fourth-order valence-corrected chi connectivity index (χ4v) is 1.08. The van der Waals surface area contributed by atoms with Crippen LogP contribution < -0.4 is 5.32 Å².